The van der Waals surface area contributed by atoms with Gasteiger partial charge in [0, 0.05) is 0 Å². The minimum absolute atomic E-state index is 0.158. The molecule has 1 aliphatic rings. The van der Waals surface area contributed by atoms with Crippen molar-refractivity contribution in [3.63, 3.8) is 0 Å². The summed E-state index contributed by atoms with van der Waals surface area (Å²) in [5.41, 5.74) is 0.982. The minimum Gasteiger partial charge on any atom is -0.491 e. The third kappa shape index (κ3) is 3.11. The summed E-state index contributed by atoms with van der Waals surface area (Å²) in [6.45, 7) is 3.97. The summed E-state index contributed by atoms with van der Waals surface area (Å²) in [6.07, 6.45) is 0. The SMILES string of the molecule is Cc1ccccc1OCCN1C(=O)N[C@@](C)(c2ccc(C#N)cc2)C1=O. The third-order valence-electron chi connectivity index (χ3n) is 4.53. The maximum Gasteiger partial charge on any atom is 0.325 e. The fourth-order valence-corrected chi connectivity index (χ4v) is 2.94. The molecule has 1 atom stereocenters. The van der Waals surface area contributed by atoms with Gasteiger partial charge in [0.05, 0.1) is 18.2 Å². The quantitative estimate of drug-likeness (QED) is 0.842. The van der Waals surface area contributed by atoms with Crippen molar-refractivity contribution in [2.75, 3.05) is 13.2 Å². The lowest BCUT2D eigenvalue weighted by atomic mass is 9.91. The number of carbonyl (C=O) groups excluding carboxylic acids is 2. The smallest absolute Gasteiger partial charge is 0.325 e. The Morgan fingerprint density at radius 3 is 2.50 bits per heavy atom. The first-order valence-corrected chi connectivity index (χ1v) is 8.29. The number of benzene rings is 2. The average molecular weight is 349 g/mol. The Bertz CT molecular complexity index is 886. The van der Waals surface area contributed by atoms with Crippen LogP contribution in [0, 0.1) is 18.3 Å². The third-order valence-corrected chi connectivity index (χ3v) is 4.53. The predicted molar refractivity (Wildman–Crippen MR) is 95.4 cm³/mol. The van der Waals surface area contributed by atoms with Crippen LogP contribution in [0.5, 0.6) is 5.75 Å². The minimum atomic E-state index is -1.15. The Morgan fingerprint density at radius 1 is 1.15 bits per heavy atom. The number of nitrogens with zero attached hydrogens (tertiary/aromatic N) is 2. The molecule has 6 nitrogen and oxygen atoms in total. The van der Waals surface area contributed by atoms with E-state index in [-0.39, 0.29) is 19.1 Å². The molecule has 0 aliphatic carbocycles. The normalized spacial score (nSPS) is 19.2. The van der Waals surface area contributed by atoms with Crippen molar-refractivity contribution in [3.8, 4) is 11.8 Å². The van der Waals surface area contributed by atoms with E-state index >= 15 is 0 Å². The molecule has 1 N–H and O–H groups in total. The molecule has 0 spiro atoms. The van der Waals surface area contributed by atoms with Crippen LogP contribution >= 0.6 is 0 Å². The summed E-state index contributed by atoms with van der Waals surface area (Å²) in [5, 5.41) is 11.6. The summed E-state index contributed by atoms with van der Waals surface area (Å²) in [7, 11) is 0. The molecular weight excluding hydrogens is 330 g/mol. The van der Waals surface area contributed by atoms with Crippen LogP contribution in [0.1, 0.15) is 23.6 Å². The maximum atomic E-state index is 12.8. The molecule has 2 aromatic rings. The van der Waals surface area contributed by atoms with Gasteiger partial charge in [-0.05, 0) is 43.2 Å². The molecule has 0 radical (unpaired) electrons. The highest BCUT2D eigenvalue weighted by Crippen LogP contribution is 2.29. The molecule has 1 aliphatic heterocycles. The number of carbonyl (C=O) groups is 2. The van der Waals surface area contributed by atoms with Crippen LogP contribution in [0.4, 0.5) is 4.79 Å². The molecule has 0 aromatic heterocycles. The van der Waals surface area contributed by atoms with Crippen LogP contribution in [0.25, 0.3) is 0 Å². The van der Waals surface area contributed by atoms with Gasteiger partial charge in [-0.1, -0.05) is 30.3 Å². The van der Waals surface area contributed by atoms with Crippen molar-refractivity contribution in [1.82, 2.24) is 10.2 Å². The van der Waals surface area contributed by atoms with Gasteiger partial charge in [0.1, 0.15) is 17.9 Å². The Hall–Kier alpha value is -3.33. The fraction of sp³-hybridized carbons (Fsp3) is 0.250. The van der Waals surface area contributed by atoms with Gasteiger partial charge in [-0.25, -0.2) is 4.79 Å². The first-order chi connectivity index (χ1) is 12.5. The second kappa shape index (κ2) is 6.89. The molecule has 1 fully saturated rings. The fourth-order valence-electron chi connectivity index (χ4n) is 2.94. The number of nitrogens with one attached hydrogen (secondary N) is 1. The molecule has 1 saturated heterocycles. The van der Waals surface area contributed by atoms with E-state index in [9.17, 15) is 9.59 Å². The highest BCUT2D eigenvalue weighted by Gasteiger charge is 2.48. The second-order valence-corrected chi connectivity index (χ2v) is 6.32. The largest absolute Gasteiger partial charge is 0.491 e. The second-order valence-electron chi connectivity index (χ2n) is 6.32. The van der Waals surface area contributed by atoms with E-state index in [0.29, 0.717) is 11.1 Å². The Morgan fingerprint density at radius 2 is 1.85 bits per heavy atom. The molecule has 2 aromatic carbocycles. The lowest BCUT2D eigenvalue weighted by Crippen LogP contribution is -2.41. The van der Waals surface area contributed by atoms with E-state index in [4.69, 9.17) is 10.00 Å². The van der Waals surface area contributed by atoms with Gasteiger partial charge in [-0.15, -0.1) is 0 Å². The first-order valence-electron chi connectivity index (χ1n) is 8.29. The number of rotatable bonds is 5. The highest BCUT2D eigenvalue weighted by molar-refractivity contribution is 6.07. The number of nitriles is 1. The summed E-state index contributed by atoms with van der Waals surface area (Å²) in [6, 6.07) is 15.8. The van der Waals surface area contributed by atoms with Crippen molar-refractivity contribution >= 4 is 11.9 Å². The lowest BCUT2D eigenvalue weighted by Gasteiger charge is -2.22. The maximum absolute atomic E-state index is 12.8. The molecule has 1 heterocycles. The van der Waals surface area contributed by atoms with E-state index in [0.717, 1.165) is 16.2 Å². The predicted octanol–water partition coefficient (Wildman–Crippen LogP) is 2.71. The van der Waals surface area contributed by atoms with E-state index in [1.807, 2.05) is 37.3 Å². The zero-order valence-electron chi connectivity index (χ0n) is 14.7. The molecule has 0 saturated carbocycles. The number of amides is 3. The summed E-state index contributed by atoms with van der Waals surface area (Å²) in [4.78, 5) is 26.3. The number of aryl methyl sites for hydroxylation is 1. The van der Waals surface area contributed by atoms with Gasteiger partial charge in [-0.3, -0.25) is 9.69 Å². The molecule has 132 valence electrons. The standard InChI is InChI=1S/C20H19N3O3/c1-14-5-3-4-6-17(14)26-12-11-23-18(24)20(2,22-19(23)25)16-9-7-15(13-21)8-10-16/h3-10H,11-12H2,1-2H3,(H,22,25)/t20-/m0/s1. The van der Waals surface area contributed by atoms with E-state index in [2.05, 4.69) is 5.32 Å². The topological polar surface area (TPSA) is 82.4 Å². The van der Waals surface area contributed by atoms with Crippen LogP contribution in [-0.4, -0.2) is 30.0 Å². The van der Waals surface area contributed by atoms with Crippen molar-refractivity contribution in [2.45, 2.75) is 19.4 Å². The molecule has 6 heteroatoms. The summed E-state index contributed by atoms with van der Waals surface area (Å²) >= 11 is 0. The number of urea groups is 1. The van der Waals surface area contributed by atoms with Gasteiger partial charge in [0.15, 0.2) is 0 Å². The molecule has 3 rings (SSSR count). The number of para-hydroxylation sites is 1. The van der Waals surface area contributed by atoms with Crippen molar-refractivity contribution < 1.29 is 14.3 Å². The first kappa shape index (κ1) is 17.5. The monoisotopic (exact) mass is 349 g/mol. The van der Waals surface area contributed by atoms with Gasteiger partial charge in [-0.2, -0.15) is 5.26 Å². The van der Waals surface area contributed by atoms with Gasteiger partial charge < -0.3 is 10.1 Å². The van der Waals surface area contributed by atoms with Crippen LogP contribution < -0.4 is 10.1 Å². The molecule has 0 unspecified atom stereocenters. The van der Waals surface area contributed by atoms with E-state index < -0.39 is 11.6 Å². The molecule has 26 heavy (non-hydrogen) atoms. The van der Waals surface area contributed by atoms with Crippen LogP contribution in [-0.2, 0) is 10.3 Å². The number of ether oxygens (including phenoxy) is 1. The number of imide groups is 1. The average Bonchev–Trinajstić information content (AvgIpc) is 2.87. The molecular formula is C20H19N3O3. The molecule has 3 amide bonds. The van der Waals surface area contributed by atoms with Crippen LogP contribution in [0.2, 0.25) is 0 Å². The van der Waals surface area contributed by atoms with Crippen LogP contribution in [0.3, 0.4) is 0 Å². The van der Waals surface area contributed by atoms with Crippen LogP contribution in [0.15, 0.2) is 48.5 Å². The lowest BCUT2D eigenvalue weighted by molar-refractivity contribution is -0.131. The summed E-state index contributed by atoms with van der Waals surface area (Å²) in [5.74, 6) is 0.398. The number of hydrogen-bond donors (Lipinski definition) is 1. The zero-order valence-corrected chi connectivity index (χ0v) is 14.7. The van der Waals surface area contributed by atoms with E-state index in [1.54, 1.807) is 31.2 Å². The Labute approximate surface area is 152 Å². The molecule has 0 bridgehead atoms. The van der Waals surface area contributed by atoms with Crippen molar-refractivity contribution in [1.29, 1.82) is 5.26 Å². The van der Waals surface area contributed by atoms with Gasteiger partial charge >= 0.3 is 6.03 Å². The number of hydrogen-bond acceptors (Lipinski definition) is 4. The van der Waals surface area contributed by atoms with Gasteiger partial charge in [0.25, 0.3) is 5.91 Å². The highest BCUT2D eigenvalue weighted by atomic mass is 16.5. The van der Waals surface area contributed by atoms with Crippen molar-refractivity contribution in [3.05, 3.63) is 65.2 Å². The van der Waals surface area contributed by atoms with Crippen molar-refractivity contribution in [2.24, 2.45) is 0 Å². The Kier molecular flexibility index (Phi) is 4.63. The zero-order chi connectivity index (χ0) is 18.7. The van der Waals surface area contributed by atoms with Gasteiger partial charge in [0.2, 0.25) is 0 Å². The Balaban J connectivity index is 1.70. The summed E-state index contributed by atoms with van der Waals surface area (Å²) < 4.78 is 5.69. The van der Waals surface area contributed by atoms with E-state index in [1.165, 1.54) is 0 Å².